The Hall–Kier alpha value is -0.810. The summed E-state index contributed by atoms with van der Waals surface area (Å²) in [5, 5.41) is 9.21. The highest BCUT2D eigenvalue weighted by molar-refractivity contribution is 5.48. The molecule has 0 rings (SSSR count). The minimum Gasteiger partial charge on any atom is -0.392 e. The lowest BCUT2D eigenvalue weighted by molar-refractivity contribution is -0.107. The molecule has 0 aliphatic carbocycles. The molecule has 0 radical (unpaired) electrons. The average molecular weight is 268 g/mol. The maximum atomic E-state index is 9.77. The number of aldehydes is 1. The second-order valence-corrected chi connectivity index (χ2v) is 4.93. The van der Waals surface area contributed by atoms with Gasteiger partial charge in [-0.05, 0) is 12.8 Å². The van der Waals surface area contributed by atoms with Crippen LogP contribution in [0.2, 0.25) is 0 Å². The Kier molecular flexibility index (Phi) is 21.1. The maximum Gasteiger partial charge on any atom is 0.119 e. The summed E-state index contributed by atoms with van der Waals surface area (Å²) in [5.74, 6) is 2.46. The van der Waals surface area contributed by atoms with Gasteiger partial charge in [0.25, 0.3) is 0 Å². The molecule has 1 atom stereocenters. The van der Waals surface area contributed by atoms with Gasteiger partial charge < -0.3 is 9.90 Å². The Morgan fingerprint density at radius 1 is 1.05 bits per heavy atom. The van der Waals surface area contributed by atoms with Gasteiger partial charge in [-0.25, -0.2) is 0 Å². The van der Waals surface area contributed by atoms with Gasteiger partial charge in [-0.15, -0.1) is 12.3 Å². The minimum absolute atomic E-state index is 0.267. The smallest absolute Gasteiger partial charge is 0.119 e. The number of rotatable bonds is 11. The standard InChI is InChI=1S/C10H18O.C7H14O/c1-3-5-6-7-9-10(11)8-4-2;1-2-3-4-5-6-7-8/h2,10-11H,3,5-9H2,1H3;7H,2-6H2,1H3. The topological polar surface area (TPSA) is 37.3 Å². The lowest BCUT2D eigenvalue weighted by Gasteiger charge is -2.05. The molecule has 0 spiro atoms. The zero-order chi connectivity index (χ0) is 14.8. The lowest BCUT2D eigenvalue weighted by Crippen LogP contribution is -2.04. The first kappa shape index (κ1) is 20.5. The van der Waals surface area contributed by atoms with Gasteiger partial charge in [0.05, 0.1) is 6.10 Å². The summed E-state index contributed by atoms with van der Waals surface area (Å²) in [7, 11) is 0. The van der Waals surface area contributed by atoms with Gasteiger partial charge in [0.15, 0.2) is 0 Å². The summed E-state index contributed by atoms with van der Waals surface area (Å²) in [6.45, 7) is 4.35. The van der Waals surface area contributed by atoms with E-state index in [4.69, 9.17) is 6.42 Å². The molecular weight excluding hydrogens is 236 g/mol. The van der Waals surface area contributed by atoms with Crippen LogP contribution in [0.3, 0.4) is 0 Å². The number of aliphatic hydroxyl groups is 1. The van der Waals surface area contributed by atoms with Crippen molar-refractivity contribution < 1.29 is 9.90 Å². The number of carbonyl (C=O) groups is 1. The third-order valence-corrected chi connectivity index (χ3v) is 2.92. The van der Waals surface area contributed by atoms with Crippen LogP contribution >= 0.6 is 0 Å². The highest BCUT2D eigenvalue weighted by Gasteiger charge is 1.99. The van der Waals surface area contributed by atoms with Crippen LogP contribution in [0.4, 0.5) is 0 Å². The second-order valence-electron chi connectivity index (χ2n) is 4.93. The molecule has 1 N–H and O–H groups in total. The first-order valence-electron chi connectivity index (χ1n) is 7.78. The van der Waals surface area contributed by atoms with E-state index in [1.54, 1.807) is 0 Å². The van der Waals surface area contributed by atoms with Crippen LogP contribution in [-0.2, 0) is 4.79 Å². The van der Waals surface area contributed by atoms with E-state index in [0.29, 0.717) is 6.42 Å². The highest BCUT2D eigenvalue weighted by Crippen LogP contribution is 2.06. The molecule has 0 heterocycles. The van der Waals surface area contributed by atoms with Crippen molar-refractivity contribution in [2.45, 2.75) is 90.6 Å². The number of carbonyl (C=O) groups excluding carboxylic acids is 1. The fourth-order valence-electron chi connectivity index (χ4n) is 1.70. The Balaban J connectivity index is 0. The van der Waals surface area contributed by atoms with Gasteiger partial charge in [-0.2, -0.15) is 0 Å². The Morgan fingerprint density at radius 3 is 2.11 bits per heavy atom. The van der Waals surface area contributed by atoms with E-state index < -0.39 is 0 Å². The Morgan fingerprint density at radius 2 is 1.63 bits per heavy atom. The molecule has 1 unspecified atom stereocenters. The summed E-state index contributed by atoms with van der Waals surface area (Å²) < 4.78 is 0. The molecule has 0 saturated heterocycles. The SMILES string of the molecule is C#CCC(O)CCCCCC.CCCCCCC=O. The molecule has 2 nitrogen and oxygen atoms in total. The van der Waals surface area contributed by atoms with Crippen molar-refractivity contribution in [1.82, 2.24) is 0 Å². The zero-order valence-corrected chi connectivity index (χ0v) is 12.9. The van der Waals surface area contributed by atoms with Crippen molar-refractivity contribution in [1.29, 1.82) is 0 Å². The van der Waals surface area contributed by atoms with Gasteiger partial charge in [0.1, 0.15) is 6.29 Å². The summed E-state index contributed by atoms with van der Waals surface area (Å²) >= 11 is 0. The summed E-state index contributed by atoms with van der Waals surface area (Å²) in [5.41, 5.74) is 0. The van der Waals surface area contributed by atoms with Gasteiger partial charge in [0, 0.05) is 12.8 Å². The Bertz CT molecular complexity index is 206. The molecular formula is C17H32O2. The van der Waals surface area contributed by atoms with Gasteiger partial charge in [-0.1, -0.05) is 58.8 Å². The van der Waals surface area contributed by atoms with Crippen molar-refractivity contribution in [3.05, 3.63) is 0 Å². The minimum atomic E-state index is -0.267. The van der Waals surface area contributed by atoms with Crippen LogP contribution in [0.15, 0.2) is 0 Å². The average Bonchev–Trinajstić information content (AvgIpc) is 2.41. The number of hydrogen-bond acceptors (Lipinski definition) is 2. The third kappa shape index (κ3) is 22.8. The van der Waals surface area contributed by atoms with Crippen LogP contribution in [-0.4, -0.2) is 17.5 Å². The molecule has 0 aromatic heterocycles. The summed E-state index contributed by atoms with van der Waals surface area (Å²) in [6, 6.07) is 0. The molecule has 0 amide bonds. The first-order valence-corrected chi connectivity index (χ1v) is 7.78. The molecule has 0 aliphatic heterocycles. The number of aliphatic hydroxyl groups excluding tert-OH is 1. The summed E-state index contributed by atoms with van der Waals surface area (Å²) in [4.78, 5) is 9.77. The van der Waals surface area contributed by atoms with Gasteiger partial charge >= 0.3 is 0 Å². The van der Waals surface area contributed by atoms with Crippen LogP contribution in [0.25, 0.3) is 0 Å². The van der Waals surface area contributed by atoms with E-state index >= 15 is 0 Å². The molecule has 0 aromatic rings. The molecule has 0 aliphatic rings. The number of unbranched alkanes of at least 4 members (excludes halogenated alkanes) is 7. The molecule has 0 aromatic carbocycles. The lowest BCUT2D eigenvalue weighted by atomic mass is 10.1. The molecule has 2 heteroatoms. The van der Waals surface area contributed by atoms with Crippen LogP contribution < -0.4 is 0 Å². The fraction of sp³-hybridized carbons (Fsp3) is 0.824. The normalized spacial score (nSPS) is 11.1. The van der Waals surface area contributed by atoms with E-state index in [9.17, 15) is 9.90 Å². The fourth-order valence-corrected chi connectivity index (χ4v) is 1.70. The highest BCUT2D eigenvalue weighted by atomic mass is 16.3. The second kappa shape index (κ2) is 19.5. The van der Waals surface area contributed by atoms with Crippen LogP contribution in [0.5, 0.6) is 0 Å². The molecule has 0 fully saturated rings. The van der Waals surface area contributed by atoms with Crippen molar-refractivity contribution in [2.24, 2.45) is 0 Å². The third-order valence-electron chi connectivity index (χ3n) is 2.92. The van der Waals surface area contributed by atoms with Crippen LogP contribution in [0, 0.1) is 12.3 Å². The van der Waals surface area contributed by atoms with Crippen molar-refractivity contribution in [3.63, 3.8) is 0 Å². The largest absolute Gasteiger partial charge is 0.392 e. The number of terminal acetylenes is 1. The van der Waals surface area contributed by atoms with Crippen LogP contribution in [0.1, 0.15) is 84.5 Å². The van der Waals surface area contributed by atoms with E-state index in [0.717, 1.165) is 32.0 Å². The predicted octanol–water partition coefficient (Wildman–Crippen LogP) is 4.50. The molecule has 19 heavy (non-hydrogen) atoms. The molecule has 0 saturated carbocycles. The first-order chi connectivity index (χ1) is 9.22. The van der Waals surface area contributed by atoms with Crippen molar-refractivity contribution in [3.8, 4) is 12.3 Å². The van der Waals surface area contributed by atoms with Gasteiger partial charge in [0.2, 0.25) is 0 Å². The monoisotopic (exact) mass is 268 g/mol. The zero-order valence-electron chi connectivity index (χ0n) is 12.9. The quantitative estimate of drug-likeness (QED) is 0.340. The van der Waals surface area contributed by atoms with E-state index in [2.05, 4.69) is 19.8 Å². The number of hydrogen-bond donors (Lipinski definition) is 1. The Labute approximate surface area is 120 Å². The summed E-state index contributed by atoms with van der Waals surface area (Å²) in [6.07, 6.45) is 17.6. The van der Waals surface area contributed by atoms with E-state index in [1.807, 2.05) is 0 Å². The van der Waals surface area contributed by atoms with E-state index in [1.165, 1.54) is 38.5 Å². The van der Waals surface area contributed by atoms with Crippen molar-refractivity contribution >= 4 is 6.29 Å². The van der Waals surface area contributed by atoms with Crippen molar-refractivity contribution in [2.75, 3.05) is 0 Å². The predicted molar refractivity (Wildman–Crippen MR) is 83.0 cm³/mol. The maximum absolute atomic E-state index is 9.77. The molecule has 0 bridgehead atoms. The van der Waals surface area contributed by atoms with Gasteiger partial charge in [-0.3, -0.25) is 0 Å². The molecule has 112 valence electrons. The van der Waals surface area contributed by atoms with E-state index in [-0.39, 0.29) is 6.10 Å².